The number of ether oxygens (including phenoxy) is 2. The molecule has 6 nitrogen and oxygen atoms in total. The summed E-state index contributed by atoms with van der Waals surface area (Å²) in [6.07, 6.45) is 1.49. The number of nitrogens with zero attached hydrogens (tertiary/aromatic N) is 2. The van der Waals surface area contributed by atoms with E-state index in [1.807, 2.05) is 30.3 Å². The summed E-state index contributed by atoms with van der Waals surface area (Å²) < 4.78 is 10.1. The molecule has 0 spiro atoms. The molecule has 25 heavy (non-hydrogen) atoms. The summed E-state index contributed by atoms with van der Waals surface area (Å²) in [6, 6.07) is 16.5. The smallest absolute Gasteiger partial charge is 0.337 e. The van der Waals surface area contributed by atoms with E-state index in [1.165, 1.54) is 13.4 Å². The zero-order valence-electron chi connectivity index (χ0n) is 13.9. The maximum absolute atomic E-state index is 11.5. The Morgan fingerprint density at radius 3 is 2.48 bits per heavy atom. The van der Waals surface area contributed by atoms with Crippen molar-refractivity contribution in [2.24, 2.45) is 0 Å². The van der Waals surface area contributed by atoms with Gasteiger partial charge in [-0.3, -0.25) is 0 Å². The van der Waals surface area contributed by atoms with Crippen molar-refractivity contribution in [2.45, 2.75) is 0 Å². The monoisotopic (exact) mass is 335 g/mol. The third-order valence-electron chi connectivity index (χ3n) is 3.63. The van der Waals surface area contributed by atoms with Crippen molar-refractivity contribution >= 4 is 17.5 Å². The van der Waals surface area contributed by atoms with Crippen LogP contribution in [0.15, 0.2) is 60.9 Å². The minimum Gasteiger partial charge on any atom is -0.496 e. The molecule has 0 saturated carbocycles. The third kappa shape index (κ3) is 3.74. The lowest BCUT2D eigenvalue weighted by Crippen LogP contribution is -2.01. The van der Waals surface area contributed by atoms with Crippen LogP contribution in [0, 0.1) is 0 Å². The van der Waals surface area contributed by atoms with E-state index in [1.54, 1.807) is 31.4 Å². The standard InChI is InChI=1S/C19H17N3O3/c1-24-17-6-4-3-5-15(17)16-11-18(21-12-20-16)22-14-9-7-13(8-10-14)19(23)25-2/h3-12H,1-2H3,(H,20,21,22). The van der Waals surface area contributed by atoms with Crippen LogP contribution < -0.4 is 10.1 Å². The average Bonchev–Trinajstić information content (AvgIpc) is 2.68. The first-order chi connectivity index (χ1) is 12.2. The molecule has 0 amide bonds. The zero-order chi connectivity index (χ0) is 17.6. The van der Waals surface area contributed by atoms with Gasteiger partial charge in [0.2, 0.25) is 0 Å². The molecule has 0 radical (unpaired) electrons. The average molecular weight is 335 g/mol. The summed E-state index contributed by atoms with van der Waals surface area (Å²) >= 11 is 0. The number of hydrogen-bond acceptors (Lipinski definition) is 6. The van der Waals surface area contributed by atoms with E-state index in [-0.39, 0.29) is 5.97 Å². The van der Waals surface area contributed by atoms with Gasteiger partial charge in [0.25, 0.3) is 0 Å². The molecule has 0 aliphatic heterocycles. The highest BCUT2D eigenvalue weighted by atomic mass is 16.5. The van der Waals surface area contributed by atoms with Crippen molar-refractivity contribution in [3.63, 3.8) is 0 Å². The van der Waals surface area contributed by atoms with Gasteiger partial charge in [0.15, 0.2) is 0 Å². The van der Waals surface area contributed by atoms with Crippen LogP contribution in [0.2, 0.25) is 0 Å². The van der Waals surface area contributed by atoms with Gasteiger partial charge in [0.05, 0.1) is 25.5 Å². The Hall–Kier alpha value is -3.41. The summed E-state index contributed by atoms with van der Waals surface area (Å²) in [4.78, 5) is 20.0. The van der Waals surface area contributed by atoms with Crippen molar-refractivity contribution in [3.8, 4) is 17.0 Å². The predicted octanol–water partition coefficient (Wildman–Crippen LogP) is 3.68. The van der Waals surface area contributed by atoms with Gasteiger partial charge in [-0.25, -0.2) is 14.8 Å². The summed E-state index contributed by atoms with van der Waals surface area (Å²) in [6.45, 7) is 0. The van der Waals surface area contributed by atoms with Crippen LogP contribution in [0.25, 0.3) is 11.3 Å². The lowest BCUT2D eigenvalue weighted by molar-refractivity contribution is 0.0601. The molecular weight excluding hydrogens is 318 g/mol. The Morgan fingerprint density at radius 1 is 1.00 bits per heavy atom. The van der Waals surface area contributed by atoms with Crippen LogP contribution in [0.5, 0.6) is 5.75 Å². The second-order valence-corrected chi connectivity index (χ2v) is 5.18. The van der Waals surface area contributed by atoms with Gasteiger partial charge in [-0.05, 0) is 36.4 Å². The van der Waals surface area contributed by atoms with E-state index in [4.69, 9.17) is 4.74 Å². The summed E-state index contributed by atoms with van der Waals surface area (Å²) in [5, 5.41) is 3.19. The molecular formula is C19H17N3O3. The number of benzene rings is 2. The van der Waals surface area contributed by atoms with E-state index in [2.05, 4.69) is 20.0 Å². The van der Waals surface area contributed by atoms with Gasteiger partial charge in [-0.1, -0.05) is 12.1 Å². The Kier molecular flexibility index (Phi) is 4.89. The number of nitrogens with one attached hydrogen (secondary N) is 1. The number of carbonyl (C=O) groups is 1. The Balaban J connectivity index is 1.83. The Morgan fingerprint density at radius 2 is 1.76 bits per heavy atom. The second kappa shape index (κ2) is 7.44. The molecule has 0 aliphatic rings. The quantitative estimate of drug-likeness (QED) is 0.717. The summed E-state index contributed by atoms with van der Waals surface area (Å²) in [5.74, 6) is 1.02. The maximum atomic E-state index is 11.5. The van der Waals surface area contributed by atoms with Gasteiger partial charge < -0.3 is 14.8 Å². The van der Waals surface area contributed by atoms with Crippen LogP contribution in [-0.4, -0.2) is 30.2 Å². The number of rotatable bonds is 5. The first-order valence-corrected chi connectivity index (χ1v) is 7.62. The topological polar surface area (TPSA) is 73.3 Å². The van der Waals surface area contributed by atoms with Crippen LogP contribution in [0.1, 0.15) is 10.4 Å². The SMILES string of the molecule is COC(=O)c1ccc(Nc2cc(-c3ccccc3OC)ncn2)cc1. The van der Waals surface area contributed by atoms with E-state index in [9.17, 15) is 4.79 Å². The number of anilines is 2. The fourth-order valence-corrected chi connectivity index (χ4v) is 2.38. The lowest BCUT2D eigenvalue weighted by atomic mass is 10.1. The van der Waals surface area contributed by atoms with E-state index >= 15 is 0 Å². The fraction of sp³-hybridized carbons (Fsp3) is 0.105. The van der Waals surface area contributed by atoms with Gasteiger partial charge in [0, 0.05) is 17.3 Å². The van der Waals surface area contributed by atoms with E-state index in [0.29, 0.717) is 11.4 Å². The molecule has 0 saturated heterocycles. The van der Waals surface area contributed by atoms with Crippen molar-refractivity contribution in [1.82, 2.24) is 9.97 Å². The molecule has 0 atom stereocenters. The van der Waals surface area contributed by atoms with Crippen molar-refractivity contribution in [1.29, 1.82) is 0 Å². The van der Waals surface area contributed by atoms with Crippen molar-refractivity contribution < 1.29 is 14.3 Å². The molecule has 1 aromatic heterocycles. The molecule has 2 aromatic carbocycles. The van der Waals surface area contributed by atoms with Crippen LogP contribution in [-0.2, 0) is 4.74 Å². The highest BCUT2D eigenvalue weighted by Gasteiger charge is 2.08. The summed E-state index contributed by atoms with van der Waals surface area (Å²) in [7, 11) is 2.98. The normalized spacial score (nSPS) is 10.2. The molecule has 0 unspecified atom stereocenters. The maximum Gasteiger partial charge on any atom is 0.337 e. The highest BCUT2D eigenvalue weighted by Crippen LogP contribution is 2.29. The van der Waals surface area contributed by atoms with Crippen LogP contribution in [0.4, 0.5) is 11.5 Å². The molecule has 126 valence electrons. The number of esters is 1. The minimum absolute atomic E-state index is 0.368. The minimum atomic E-state index is -0.368. The first kappa shape index (κ1) is 16.4. The molecule has 3 rings (SSSR count). The van der Waals surface area contributed by atoms with Gasteiger partial charge >= 0.3 is 5.97 Å². The zero-order valence-corrected chi connectivity index (χ0v) is 13.9. The number of carbonyl (C=O) groups excluding carboxylic acids is 1. The molecule has 0 fully saturated rings. The van der Waals surface area contributed by atoms with Crippen molar-refractivity contribution in [3.05, 3.63) is 66.5 Å². The number of aromatic nitrogens is 2. The molecule has 0 bridgehead atoms. The molecule has 3 aromatic rings. The van der Waals surface area contributed by atoms with Gasteiger partial charge in [-0.2, -0.15) is 0 Å². The van der Waals surface area contributed by atoms with Crippen LogP contribution >= 0.6 is 0 Å². The molecule has 1 N–H and O–H groups in total. The first-order valence-electron chi connectivity index (χ1n) is 7.62. The third-order valence-corrected chi connectivity index (χ3v) is 3.63. The largest absolute Gasteiger partial charge is 0.496 e. The number of para-hydroxylation sites is 1. The second-order valence-electron chi connectivity index (χ2n) is 5.18. The summed E-state index contributed by atoms with van der Waals surface area (Å²) in [5.41, 5.74) is 2.93. The lowest BCUT2D eigenvalue weighted by Gasteiger charge is -2.10. The predicted molar refractivity (Wildman–Crippen MR) is 95.1 cm³/mol. The van der Waals surface area contributed by atoms with Gasteiger partial charge in [0.1, 0.15) is 17.9 Å². The van der Waals surface area contributed by atoms with E-state index in [0.717, 1.165) is 22.7 Å². The fourth-order valence-electron chi connectivity index (χ4n) is 2.38. The number of methoxy groups -OCH3 is 2. The van der Waals surface area contributed by atoms with Crippen LogP contribution in [0.3, 0.4) is 0 Å². The van der Waals surface area contributed by atoms with Gasteiger partial charge in [-0.15, -0.1) is 0 Å². The molecule has 6 heteroatoms. The number of hydrogen-bond donors (Lipinski definition) is 1. The highest BCUT2D eigenvalue weighted by molar-refractivity contribution is 5.89. The molecule has 1 heterocycles. The Labute approximate surface area is 145 Å². The molecule has 0 aliphatic carbocycles. The Bertz CT molecular complexity index is 879. The van der Waals surface area contributed by atoms with E-state index < -0.39 is 0 Å². The van der Waals surface area contributed by atoms with Crippen molar-refractivity contribution in [2.75, 3.05) is 19.5 Å².